The highest BCUT2D eigenvalue weighted by Crippen LogP contribution is 2.58. The van der Waals surface area contributed by atoms with E-state index < -0.39 is 5.41 Å². The minimum atomic E-state index is -0.666. The van der Waals surface area contributed by atoms with Gasteiger partial charge in [0.1, 0.15) is 0 Å². The second-order valence-electron chi connectivity index (χ2n) is 19.7. The molecule has 0 saturated heterocycles. The third-order valence-corrected chi connectivity index (χ3v) is 15.7. The largest absolute Gasteiger partial charge is 0.310 e. The summed E-state index contributed by atoms with van der Waals surface area (Å²) in [5, 5.41) is 7.06. The first-order chi connectivity index (χ1) is 37.2. The maximum absolute atomic E-state index is 5.49. The van der Waals surface area contributed by atoms with Gasteiger partial charge in [0, 0.05) is 49.9 Å². The standard InChI is InChI=1S/C71H46N4/c1-5-19-50(20-6-1)71(51-21-7-2-8-22-51)64-44-49(66-46-72-69-61-30-15-13-27-56(61)57-28-14-16-31-62(57)70(69)73-66)35-40-58(64)59-41-39-55(45-65(59)71)74(52-23-9-3-10-24-52)54-37-33-47(34-38-54)48-36-42-68-63(43-48)60-29-17-18-32-67(60)75(68)53-25-11-4-12-26-53/h1-46H. The summed E-state index contributed by atoms with van der Waals surface area (Å²) < 4.78 is 2.37. The number of rotatable bonds is 8. The summed E-state index contributed by atoms with van der Waals surface area (Å²) in [6.45, 7) is 0. The molecule has 4 heteroatoms. The highest BCUT2D eigenvalue weighted by atomic mass is 15.1. The van der Waals surface area contributed by atoms with E-state index in [1.54, 1.807) is 0 Å². The quantitative estimate of drug-likeness (QED) is 0.142. The molecule has 0 spiro atoms. The fourth-order valence-corrected chi connectivity index (χ4v) is 12.4. The maximum atomic E-state index is 5.49. The van der Waals surface area contributed by atoms with Crippen molar-refractivity contribution in [2.75, 3.05) is 4.90 Å². The number of aromatic nitrogens is 3. The Hall–Kier alpha value is -9.90. The predicted octanol–water partition coefficient (Wildman–Crippen LogP) is 18.2. The second kappa shape index (κ2) is 17.1. The number of anilines is 3. The van der Waals surface area contributed by atoms with Gasteiger partial charge in [0.25, 0.3) is 0 Å². The van der Waals surface area contributed by atoms with Crippen LogP contribution in [0.5, 0.6) is 0 Å². The van der Waals surface area contributed by atoms with Gasteiger partial charge < -0.3 is 9.47 Å². The van der Waals surface area contributed by atoms with Gasteiger partial charge in [0.15, 0.2) is 0 Å². The normalized spacial score (nSPS) is 12.6. The van der Waals surface area contributed by atoms with Crippen LogP contribution in [0.2, 0.25) is 0 Å². The molecule has 75 heavy (non-hydrogen) atoms. The maximum Gasteiger partial charge on any atom is 0.0979 e. The van der Waals surface area contributed by atoms with Crippen molar-refractivity contribution in [2.24, 2.45) is 0 Å². The molecule has 0 radical (unpaired) electrons. The lowest BCUT2D eigenvalue weighted by Gasteiger charge is -2.35. The molecule has 0 atom stereocenters. The fourth-order valence-electron chi connectivity index (χ4n) is 12.4. The van der Waals surface area contributed by atoms with Gasteiger partial charge >= 0.3 is 0 Å². The van der Waals surface area contributed by atoms with Gasteiger partial charge in [-0.05, 0) is 128 Å². The van der Waals surface area contributed by atoms with E-state index in [1.165, 1.54) is 71.5 Å². The van der Waals surface area contributed by atoms with E-state index in [2.05, 4.69) is 282 Å². The topological polar surface area (TPSA) is 34.0 Å². The molecule has 350 valence electrons. The van der Waals surface area contributed by atoms with Gasteiger partial charge in [0.2, 0.25) is 0 Å². The smallest absolute Gasteiger partial charge is 0.0979 e. The minimum absolute atomic E-state index is 0.666. The molecule has 1 aliphatic rings. The highest BCUT2D eigenvalue weighted by molar-refractivity contribution is 6.23. The van der Waals surface area contributed by atoms with Gasteiger partial charge in [-0.2, -0.15) is 0 Å². The van der Waals surface area contributed by atoms with Crippen LogP contribution >= 0.6 is 0 Å². The average molecular weight is 955 g/mol. The SMILES string of the molecule is c1ccc(N(c2ccc(-c3ccc4c(c3)c3ccccc3n4-c3ccccc3)cc2)c2ccc3c(c2)C(c2ccccc2)(c2ccccc2)c2cc(-c4cnc5c6ccccc6c6ccccc6c5n4)ccc2-3)cc1. The number of nitrogens with zero attached hydrogens (tertiary/aromatic N) is 4. The predicted molar refractivity (Wildman–Crippen MR) is 312 cm³/mol. The van der Waals surface area contributed by atoms with E-state index in [0.717, 1.165) is 61.4 Å². The van der Waals surface area contributed by atoms with Crippen LogP contribution in [-0.4, -0.2) is 14.5 Å². The number of hydrogen-bond donors (Lipinski definition) is 0. The highest BCUT2D eigenvalue weighted by Gasteiger charge is 2.46. The number of hydrogen-bond acceptors (Lipinski definition) is 3. The van der Waals surface area contributed by atoms with E-state index in [9.17, 15) is 0 Å². The molecule has 2 heterocycles. The van der Waals surface area contributed by atoms with E-state index >= 15 is 0 Å². The Kier molecular flexibility index (Phi) is 9.76. The molecule has 4 nitrogen and oxygen atoms in total. The zero-order valence-corrected chi connectivity index (χ0v) is 40.8. The molecule has 0 N–H and O–H groups in total. The molecule has 0 amide bonds. The Balaban J connectivity index is 0.882. The molecule has 14 aromatic rings. The fraction of sp³-hybridized carbons (Fsp3) is 0.0141. The Morgan fingerprint density at radius 2 is 0.827 bits per heavy atom. The molecule has 0 fully saturated rings. The molecule has 1 aliphatic carbocycles. The monoisotopic (exact) mass is 954 g/mol. The Morgan fingerprint density at radius 3 is 1.51 bits per heavy atom. The summed E-state index contributed by atoms with van der Waals surface area (Å²) in [6, 6.07) is 99.3. The van der Waals surface area contributed by atoms with Crippen molar-refractivity contribution >= 4 is 71.4 Å². The Labute approximate surface area is 434 Å². The summed E-state index contributed by atoms with van der Waals surface area (Å²) in [4.78, 5) is 13.1. The zero-order valence-electron chi connectivity index (χ0n) is 40.8. The molecule has 15 rings (SSSR count). The number of fused-ring (bicyclic) bond motifs is 12. The zero-order chi connectivity index (χ0) is 49.5. The van der Waals surface area contributed by atoms with E-state index in [1.807, 2.05) is 6.20 Å². The lowest BCUT2D eigenvalue weighted by Crippen LogP contribution is -2.28. The summed E-state index contributed by atoms with van der Waals surface area (Å²) in [5.74, 6) is 0. The van der Waals surface area contributed by atoms with Crippen molar-refractivity contribution in [3.8, 4) is 39.2 Å². The lowest BCUT2D eigenvalue weighted by atomic mass is 9.67. The first kappa shape index (κ1) is 42.8. The molecular formula is C71H46N4. The van der Waals surface area contributed by atoms with Gasteiger partial charge in [-0.15, -0.1) is 0 Å². The molecule has 12 aromatic carbocycles. The third-order valence-electron chi connectivity index (χ3n) is 15.7. The first-order valence-corrected chi connectivity index (χ1v) is 25.7. The second-order valence-corrected chi connectivity index (χ2v) is 19.7. The summed E-state index contributed by atoms with van der Waals surface area (Å²) in [6.07, 6.45) is 1.96. The van der Waals surface area contributed by atoms with Gasteiger partial charge in [-0.1, -0.05) is 200 Å². The van der Waals surface area contributed by atoms with E-state index in [0.29, 0.717) is 0 Å². The third kappa shape index (κ3) is 6.63. The molecule has 2 aromatic heterocycles. The van der Waals surface area contributed by atoms with Crippen molar-refractivity contribution in [3.63, 3.8) is 0 Å². The Morgan fingerprint density at radius 1 is 0.333 bits per heavy atom. The van der Waals surface area contributed by atoms with Crippen molar-refractivity contribution in [1.29, 1.82) is 0 Å². The van der Waals surface area contributed by atoms with Gasteiger partial charge in [0.05, 0.1) is 39.4 Å². The molecule has 0 saturated carbocycles. The molecular weight excluding hydrogens is 909 g/mol. The van der Waals surface area contributed by atoms with Crippen LogP contribution in [0.1, 0.15) is 22.3 Å². The van der Waals surface area contributed by atoms with Crippen LogP contribution in [0.3, 0.4) is 0 Å². The van der Waals surface area contributed by atoms with Crippen LogP contribution in [0, 0.1) is 0 Å². The van der Waals surface area contributed by atoms with Crippen molar-refractivity contribution in [3.05, 3.63) is 301 Å². The molecule has 0 bridgehead atoms. The van der Waals surface area contributed by atoms with Crippen LogP contribution in [0.15, 0.2) is 279 Å². The van der Waals surface area contributed by atoms with Crippen molar-refractivity contribution in [2.45, 2.75) is 5.41 Å². The van der Waals surface area contributed by atoms with Gasteiger partial charge in [-0.3, -0.25) is 4.98 Å². The summed E-state index contributed by atoms with van der Waals surface area (Å²) in [5.41, 5.74) is 19.4. The van der Waals surface area contributed by atoms with Crippen LogP contribution < -0.4 is 4.90 Å². The van der Waals surface area contributed by atoms with Crippen LogP contribution in [0.4, 0.5) is 17.1 Å². The number of para-hydroxylation sites is 3. The minimum Gasteiger partial charge on any atom is -0.310 e. The summed E-state index contributed by atoms with van der Waals surface area (Å²) >= 11 is 0. The average Bonchev–Trinajstić information content (AvgIpc) is 4.15. The summed E-state index contributed by atoms with van der Waals surface area (Å²) in [7, 11) is 0. The Bertz CT molecular complexity index is 4430. The van der Waals surface area contributed by atoms with Crippen molar-refractivity contribution in [1.82, 2.24) is 14.5 Å². The van der Waals surface area contributed by atoms with Crippen LogP contribution in [0.25, 0.3) is 93.6 Å². The molecule has 0 unspecified atom stereocenters. The lowest BCUT2D eigenvalue weighted by molar-refractivity contribution is 0.768. The molecule has 0 aliphatic heterocycles. The van der Waals surface area contributed by atoms with Crippen molar-refractivity contribution < 1.29 is 0 Å². The van der Waals surface area contributed by atoms with E-state index in [4.69, 9.17) is 9.97 Å². The number of benzene rings is 12. The van der Waals surface area contributed by atoms with Gasteiger partial charge in [-0.25, -0.2) is 4.98 Å². The first-order valence-electron chi connectivity index (χ1n) is 25.7. The van der Waals surface area contributed by atoms with Crippen LogP contribution in [-0.2, 0) is 5.41 Å². The van der Waals surface area contributed by atoms with E-state index in [-0.39, 0.29) is 0 Å².